The zero-order valence-electron chi connectivity index (χ0n) is 17.6. The van der Waals surface area contributed by atoms with Gasteiger partial charge in [-0.1, -0.05) is 50.1 Å². The Hall–Kier alpha value is -3.23. The number of hydrazone groups is 1. The molecular weight excluding hydrogens is 550 g/mol. The summed E-state index contributed by atoms with van der Waals surface area (Å²) < 4.78 is 7.52. The molecule has 0 unspecified atom stereocenters. The number of nitrogens with one attached hydrogen (secondary N) is 1. The van der Waals surface area contributed by atoms with Crippen LogP contribution in [0.4, 0.5) is 11.4 Å². The van der Waals surface area contributed by atoms with Gasteiger partial charge in [-0.05, 0) is 67.6 Å². The van der Waals surface area contributed by atoms with Crippen LogP contribution in [0.3, 0.4) is 0 Å². The average molecular weight is 569 g/mol. The molecule has 166 valence electrons. The van der Waals surface area contributed by atoms with E-state index in [0.29, 0.717) is 34.0 Å². The lowest BCUT2D eigenvalue weighted by atomic mass is 10.1. The standard InChI is InChI=1S/C25H19Br2N3O3/c1-16-22(25(32)30(29-16)21-10-7-18(26)8-11-21)14-17-13-19(27)9-12-23(17)33-15-24(31)28-20-5-3-2-4-6-20/h2-14H,15H2,1H3,(H,28,31). The van der Waals surface area contributed by atoms with Gasteiger partial charge in [0, 0.05) is 20.2 Å². The van der Waals surface area contributed by atoms with Gasteiger partial charge in [-0.25, -0.2) is 0 Å². The summed E-state index contributed by atoms with van der Waals surface area (Å²) in [5.41, 5.74) is 3.08. The molecule has 0 saturated carbocycles. The van der Waals surface area contributed by atoms with Crippen molar-refractivity contribution in [2.24, 2.45) is 5.10 Å². The smallest absolute Gasteiger partial charge is 0.280 e. The molecule has 0 fully saturated rings. The molecular formula is C25H19Br2N3O3. The lowest BCUT2D eigenvalue weighted by Crippen LogP contribution is -2.21. The summed E-state index contributed by atoms with van der Waals surface area (Å²) in [5.74, 6) is -0.0296. The Morgan fingerprint density at radius 3 is 2.45 bits per heavy atom. The Balaban J connectivity index is 1.53. The first-order valence-electron chi connectivity index (χ1n) is 10.1. The van der Waals surface area contributed by atoms with Crippen LogP contribution in [-0.2, 0) is 9.59 Å². The topological polar surface area (TPSA) is 71.0 Å². The third kappa shape index (κ3) is 5.58. The minimum atomic E-state index is -0.279. The highest BCUT2D eigenvalue weighted by Gasteiger charge is 2.29. The van der Waals surface area contributed by atoms with Gasteiger partial charge in [0.25, 0.3) is 11.8 Å². The molecule has 0 atom stereocenters. The number of anilines is 2. The predicted octanol–water partition coefficient (Wildman–Crippen LogP) is 6.04. The molecule has 3 aromatic carbocycles. The number of ether oxygens (including phenoxy) is 1. The second-order valence-corrected chi connectivity index (χ2v) is 9.05. The Morgan fingerprint density at radius 1 is 1.03 bits per heavy atom. The van der Waals surface area contributed by atoms with Crippen LogP contribution >= 0.6 is 31.9 Å². The number of halogens is 2. The Bertz CT molecular complexity index is 1260. The number of para-hydroxylation sites is 1. The third-order valence-corrected chi connectivity index (χ3v) is 5.84. The van der Waals surface area contributed by atoms with Crippen LogP contribution in [-0.4, -0.2) is 24.1 Å². The van der Waals surface area contributed by atoms with Crippen LogP contribution in [0.25, 0.3) is 6.08 Å². The number of hydrogen-bond acceptors (Lipinski definition) is 4. The van der Waals surface area contributed by atoms with Crippen molar-refractivity contribution in [3.8, 4) is 5.75 Å². The van der Waals surface area contributed by atoms with Crippen molar-refractivity contribution in [2.75, 3.05) is 16.9 Å². The van der Waals surface area contributed by atoms with Crippen molar-refractivity contribution in [1.82, 2.24) is 0 Å². The molecule has 1 N–H and O–H groups in total. The minimum Gasteiger partial charge on any atom is -0.483 e. The summed E-state index contributed by atoms with van der Waals surface area (Å²) in [4.78, 5) is 25.4. The fraction of sp³-hybridized carbons (Fsp3) is 0.0800. The van der Waals surface area contributed by atoms with E-state index in [2.05, 4.69) is 42.3 Å². The molecule has 0 aliphatic carbocycles. The van der Waals surface area contributed by atoms with Gasteiger partial charge in [-0.2, -0.15) is 10.1 Å². The van der Waals surface area contributed by atoms with E-state index in [9.17, 15) is 9.59 Å². The molecule has 2 amide bonds. The maximum absolute atomic E-state index is 13.1. The zero-order valence-corrected chi connectivity index (χ0v) is 20.8. The summed E-state index contributed by atoms with van der Waals surface area (Å²) in [7, 11) is 0. The Labute approximate surface area is 208 Å². The second-order valence-electron chi connectivity index (χ2n) is 7.22. The van der Waals surface area contributed by atoms with Gasteiger partial charge in [0.1, 0.15) is 5.75 Å². The molecule has 6 nitrogen and oxygen atoms in total. The maximum atomic E-state index is 13.1. The predicted molar refractivity (Wildman–Crippen MR) is 137 cm³/mol. The van der Waals surface area contributed by atoms with Gasteiger partial charge in [-0.3, -0.25) is 9.59 Å². The molecule has 1 heterocycles. The summed E-state index contributed by atoms with van der Waals surface area (Å²) >= 11 is 6.86. The maximum Gasteiger partial charge on any atom is 0.280 e. The van der Waals surface area contributed by atoms with E-state index in [1.165, 1.54) is 5.01 Å². The molecule has 3 aromatic rings. The molecule has 0 radical (unpaired) electrons. The quantitative estimate of drug-likeness (QED) is 0.369. The van der Waals surface area contributed by atoms with Crippen LogP contribution in [0.5, 0.6) is 5.75 Å². The van der Waals surface area contributed by atoms with Gasteiger partial charge in [0.05, 0.1) is 17.0 Å². The van der Waals surface area contributed by atoms with Gasteiger partial charge < -0.3 is 10.1 Å². The average Bonchev–Trinajstić information content (AvgIpc) is 3.08. The fourth-order valence-corrected chi connectivity index (χ4v) is 3.87. The van der Waals surface area contributed by atoms with E-state index in [1.807, 2.05) is 54.6 Å². The van der Waals surface area contributed by atoms with Gasteiger partial charge >= 0.3 is 0 Å². The Kier molecular flexibility index (Phi) is 7.05. The normalized spacial score (nSPS) is 14.4. The highest BCUT2D eigenvalue weighted by molar-refractivity contribution is 9.10. The van der Waals surface area contributed by atoms with Crippen molar-refractivity contribution in [3.63, 3.8) is 0 Å². The molecule has 1 aliphatic heterocycles. The highest BCUT2D eigenvalue weighted by Crippen LogP contribution is 2.30. The van der Waals surface area contributed by atoms with Crippen molar-refractivity contribution >= 4 is 66.8 Å². The van der Waals surface area contributed by atoms with Crippen LogP contribution in [0.2, 0.25) is 0 Å². The van der Waals surface area contributed by atoms with E-state index in [0.717, 1.165) is 8.95 Å². The SMILES string of the molecule is CC1=NN(c2ccc(Br)cc2)C(=O)C1=Cc1cc(Br)ccc1OCC(=O)Nc1ccccc1. The first-order chi connectivity index (χ1) is 15.9. The molecule has 0 bridgehead atoms. The van der Waals surface area contributed by atoms with E-state index in [-0.39, 0.29) is 18.4 Å². The van der Waals surface area contributed by atoms with E-state index in [1.54, 1.807) is 31.2 Å². The van der Waals surface area contributed by atoms with Crippen LogP contribution in [0.1, 0.15) is 12.5 Å². The molecule has 4 rings (SSSR count). The molecule has 0 saturated heterocycles. The highest BCUT2D eigenvalue weighted by atomic mass is 79.9. The number of amides is 2. The number of carbonyl (C=O) groups is 2. The lowest BCUT2D eigenvalue weighted by Gasteiger charge is -2.12. The third-order valence-electron chi connectivity index (χ3n) is 4.82. The van der Waals surface area contributed by atoms with Crippen LogP contribution < -0.4 is 15.1 Å². The minimum absolute atomic E-state index is 0.168. The van der Waals surface area contributed by atoms with Crippen molar-refractivity contribution in [1.29, 1.82) is 0 Å². The van der Waals surface area contributed by atoms with E-state index >= 15 is 0 Å². The second kappa shape index (κ2) is 10.1. The lowest BCUT2D eigenvalue weighted by molar-refractivity contribution is -0.118. The van der Waals surface area contributed by atoms with Crippen molar-refractivity contribution in [3.05, 3.63) is 92.9 Å². The summed E-state index contributed by atoms with van der Waals surface area (Å²) in [5, 5.41) is 8.58. The van der Waals surface area contributed by atoms with Crippen LogP contribution in [0.15, 0.2) is 92.4 Å². The number of benzene rings is 3. The zero-order chi connectivity index (χ0) is 23.4. The Morgan fingerprint density at radius 2 is 1.73 bits per heavy atom. The van der Waals surface area contributed by atoms with Gasteiger partial charge in [0.2, 0.25) is 0 Å². The van der Waals surface area contributed by atoms with E-state index < -0.39 is 0 Å². The van der Waals surface area contributed by atoms with Gasteiger partial charge in [-0.15, -0.1) is 0 Å². The monoisotopic (exact) mass is 567 g/mol. The van der Waals surface area contributed by atoms with Gasteiger partial charge in [0.15, 0.2) is 6.61 Å². The summed E-state index contributed by atoms with van der Waals surface area (Å²) in [6.07, 6.45) is 1.73. The fourth-order valence-electron chi connectivity index (χ4n) is 3.22. The first-order valence-corrected chi connectivity index (χ1v) is 11.6. The number of carbonyl (C=O) groups excluding carboxylic acids is 2. The van der Waals surface area contributed by atoms with Crippen LogP contribution in [0, 0.1) is 0 Å². The largest absolute Gasteiger partial charge is 0.483 e. The number of nitrogens with zero attached hydrogens (tertiary/aromatic N) is 2. The number of hydrogen-bond donors (Lipinski definition) is 1. The molecule has 0 aromatic heterocycles. The summed E-state index contributed by atoms with van der Waals surface area (Å²) in [6.45, 7) is 1.62. The van der Waals surface area contributed by atoms with E-state index in [4.69, 9.17) is 4.74 Å². The first kappa shape index (κ1) is 22.9. The number of rotatable bonds is 6. The molecule has 0 spiro atoms. The van der Waals surface area contributed by atoms with Crippen molar-refractivity contribution < 1.29 is 14.3 Å². The molecule has 1 aliphatic rings. The van der Waals surface area contributed by atoms with Crippen molar-refractivity contribution in [2.45, 2.75) is 6.92 Å². The summed E-state index contributed by atoms with van der Waals surface area (Å²) in [6, 6.07) is 21.9. The molecule has 33 heavy (non-hydrogen) atoms. The molecule has 8 heteroatoms.